The maximum absolute atomic E-state index is 4.31. The average Bonchev–Trinajstić information content (AvgIpc) is 3.48. The van der Waals surface area contributed by atoms with E-state index in [2.05, 4.69) is 162 Å². The van der Waals surface area contributed by atoms with Crippen LogP contribution in [0.4, 0.5) is 0 Å². The molecule has 0 N–H and O–H groups in total. The summed E-state index contributed by atoms with van der Waals surface area (Å²) >= 11 is 0. The molecule has 0 radical (unpaired) electrons. The van der Waals surface area contributed by atoms with E-state index in [4.69, 9.17) is 0 Å². The molecule has 5 aromatic carbocycles. The van der Waals surface area contributed by atoms with E-state index >= 15 is 0 Å². The number of nitrogens with zero attached hydrogens (tertiary/aromatic N) is 4. The fourth-order valence-corrected chi connectivity index (χ4v) is 9.26. The zero-order valence-corrected chi connectivity index (χ0v) is 31.9. The number of hydrogen-bond donors (Lipinski definition) is 0. The molecule has 3 atom stereocenters. The van der Waals surface area contributed by atoms with Gasteiger partial charge in [-0.25, -0.2) is 19.9 Å². The van der Waals surface area contributed by atoms with Gasteiger partial charge in [-0.2, -0.15) is 0 Å². The normalized spacial score (nSPS) is 19.0. The van der Waals surface area contributed by atoms with Crippen LogP contribution in [0, 0.1) is 11.3 Å². The maximum Gasteiger partial charge on any atom is 0.115 e. The van der Waals surface area contributed by atoms with Crippen molar-refractivity contribution in [3.8, 4) is 44.5 Å². The molecule has 3 unspecified atom stereocenters. The third kappa shape index (κ3) is 7.17. The van der Waals surface area contributed by atoms with Gasteiger partial charge < -0.3 is 0 Å². The molecule has 0 fully saturated rings. The number of benzene rings is 5. The minimum Gasteiger partial charge on any atom is -0.244 e. The van der Waals surface area contributed by atoms with Gasteiger partial charge in [0.2, 0.25) is 0 Å². The summed E-state index contributed by atoms with van der Waals surface area (Å²) < 4.78 is 0. The van der Waals surface area contributed by atoms with Gasteiger partial charge >= 0.3 is 0 Å². The van der Waals surface area contributed by atoms with Gasteiger partial charge in [0.05, 0.1) is 0 Å². The van der Waals surface area contributed by atoms with Crippen molar-refractivity contribution >= 4 is 5.57 Å². The van der Waals surface area contributed by atoms with Gasteiger partial charge in [0.15, 0.2) is 0 Å². The van der Waals surface area contributed by atoms with Gasteiger partial charge in [0.1, 0.15) is 12.7 Å². The lowest BCUT2D eigenvalue weighted by molar-refractivity contribution is 0.364. The van der Waals surface area contributed by atoms with Crippen LogP contribution in [0.5, 0.6) is 0 Å². The van der Waals surface area contributed by atoms with Crippen molar-refractivity contribution in [1.82, 2.24) is 19.9 Å². The van der Waals surface area contributed by atoms with Crippen molar-refractivity contribution in [3.05, 3.63) is 187 Å². The summed E-state index contributed by atoms with van der Waals surface area (Å²) in [5.74, 6) is 1.03. The molecule has 2 aliphatic carbocycles. The largest absolute Gasteiger partial charge is 0.244 e. The molecule has 4 nitrogen and oxygen atoms in total. The molecule has 2 aromatic heterocycles. The Hall–Kier alpha value is -6.00. The van der Waals surface area contributed by atoms with Crippen LogP contribution >= 0.6 is 0 Å². The molecule has 0 spiro atoms. The molecule has 0 amide bonds. The van der Waals surface area contributed by atoms with Crippen LogP contribution in [0.25, 0.3) is 50.1 Å². The smallest absolute Gasteiger partial charge is 0.115 e. The van der Waals surface area contributed by atoms with Crippen LogP contribution in [0.3, 0.4) is 0 Å². The van der Waals surface area contributed by atoms with Gasteiger partial charge in [-0.3, -0.25) is 0 Å². The van der Waals surface area contributed by atoms with Crippen molar-refractivity contribution < 1.29 is 0 Å². The Morgan fingerprint density at radius 3 is 1.93 bits per heavy atom. The standard InChI is InChI=1S/C51H46N4/c1-34-21-43(37-10-6-12-39(22-37)46-30-54-33-55-31-46)24-44(25-49(34)36-19-17-35(18-20-36)45-28-52-32-53-29-45)38-11-7-13-40(23-38)47-16-8-14-42-27-51(2,3)26-41-9-4-5-15-48(41)50(42)47/h4-20,22-23,25,28-34,43,49H,21,24,26-27H2,1-3H3. The number of allylic oxidation sites excluding steroid dienone is 2. The summed E-state index contributed by atoms with van der Waals surface area (Å²) in [6, 6.07) is 43.5. The highest BCUT2D eigenvalue weighted by Crippen LogP contribution is 2.47. The fourth-order valence-electron chi connectivity index (χ4n) is 9.26. The molecular formula is C51H46N4. The average molecular weight is 715 g/mol. The Morgan fingerprint density at radius 2 is 1.15 bits per heavy atom. The number of fused-ring (bicyclic) bond motifs is 3. The molecule has 7 aromatic rings. The predicted molar refractivity (Wildman–Crippen MR) is 225 cm³/mol. The van der Waals surface area contributed by atoms with Gasteiger partial charge in [-0.1, -0.05) is 136 Å². The third-order valence-electron chi connectivity index (χ3n) is 11.9. The molecule has 0 saturated carbocycles. The Morgan fingerprint density at radius 1 is 0.527 bits per heavy atom. The zero-order chi connectivity index (χ0) is 37.4. The first-order chi connectivity index (χ1) is 26.9. The fraction of sp³-hybridized carbons (Fsp3) is 0.216. The summed E-state index contributed by atoms with van der Waals surface area (Å²) in [6.45, 7) is 7.25. The van der Waals surface area contributed by atoms with Crippen LogP contribution < -0.4 is 0 Å². The van der Waals surface area contributed by atoms with Gasteiger partial charge in [-0.15, -0.1) is 0 Å². The van der Waals surface area contributed by atoms with Crippen LogP contribution in [0.2, 0.25) is 0 Å². The van der Waals surface area contributed by atoms with E-state index in [1.54, 1.807) is 12.7 Å². The Balaban J connectivity index is 1.14. The van der Waals surface area contributed by atoms with E-state index in [1.807, 2.05) is 24.8 Å². The van der Waals surface area contributed by atoms with Crippen LogP contribution in [0.15, 0.2) is 159 Å². The molecule has 55 heavy (non-hydrogen) atoms. The first kappa shape index (κ1) is 34.7. The number of rotatable bonds is 6. The second-order valence-corrected chi connectivity index (χ2v) is 16.4. The SMILES string of the molecule is CC1CC(c2cccc(-c3cncnc3)c2)CC(c2cccc(-c3cccc4c3-c3ccccc3CC(C)(C)C4)c2)=CC1c1ccc(-c2cncnc2)cc1. The second kappa shape index (κ2) is 14.7. The summed E-state index contributed by atoms with van der Waals surface area (Å²) in [5, 5.41) is 0. The number of hydrogen-bond acceptors (Lipinski definition) is 4. The minimum atomic E-state index is 0.186. The van der Waals surface area contributed by atoms with Crippen molar-refractivity contribution in [2.24, 2.45) is 11.3 Å². The Kier molecular flexibility index (Phi) is 9.27. The highest BCUT2D eigenvalue weighted by atomic mass is 14.8. The molecule has 270 valence electrons. The highest BCUT2D eigenvalue weighted by Gasteiger charge is 2.30. The molecule has 2 aliphatic rings. The molecule has 2 heterocycles. The van der Waals surface area contributed by atoms with E-state index in [9.17, 15) is 0 Å². The zero-order valence-electron chi connectivity index (χ0n) is 31.9. The van der Waals surface area contributed by atoms with E-state index in [0.29, 0.717) is 11.8 Å². The van der Waals surface area contributed by atoms with Crippen LogP contribution in [-0.4, -0.2) is 19.9 Å². The monoisotopic (exact) mass is 714 g/mol. The van der Waals surface area contributed by atoms with Crippen molar-refractivity contribution in [3.63, 3.8) is 0 Å². The van der Waals surface area contributed by atoms with Crippen molar-refractivity contribution in [2.75, 3.05) is 0 Å². The molecule has 0 bridgehead atoms. The van der Waals surface area contributed by atoms with Crippen LogP contribution in [-0.2, 0) is 12.8 Å². The molecule has 0 aliphatic heterocycles. The number of aromatic nitrogens is 4. The molecular weight excluding hydrogens is 669 g/mol. The van der Waals surface area contributed by atoms with E-state index < -0.39 is 0 Å². The second-order valence-electron chi connectivity index (χ2n) is 16.4. The highest BCUT2D eigenvalue weighted by molar-refractivity contribution is 5.89. The topological polar surface area (TPSA) is 51.6 Å². The van der Waals surface area contributed by atoms with E-state index in [1.165, 1.54) is 55.6 Å². The summed E-state index contributed by atoms with van der Waals surface area (Å²) in [5.41, 5.74) is 18.2. The quantitative estimate of drug-likeness (QED) is 0.172. The lowest BCUT2D eigenvalue weighted by Crippen LogP contribution is -2.16. The Bertz CT molecular complexity index is 2480. The lowest BCUT2D eigenvalue weighted by atomic mass is 9.80. The van der Waals surface area contributed by atoms with Crippen molar-refractivity contribution in [2.45, 2.75) is 58.3 Å². The maximum atomic E-state index is 4.31. The van der Waals surface area contributed by atoms with Gasteiger partial charge in [0.25, 0.3) is 0 Å². The lowest BCUT2D eigenvalue weighted by Gasteiger charge is -2.24. The van der Waals surface area contributed by atoms with Crippen molar-refractivity contribution in [1.29, 1.82) is 0 Å². The Labute approximate surface area is 325 Å². The first-order valence-electron chi connectivity index (χ1n) is 19.6. The summed E-state index contributed by atoms with van der Waals surface area (Å²) in [4.78, 5) is 17.1. The van der Waals surface area contributed by atoms with Crippen LogP contribution in [0.1, 0.15) is 73.3 Å². The summed E-state index contributed by atoms with van der Waals surface area (Å²) in [6.07, 6.45) is 17.5. The first-order valence-corrected chi connectivity index (χ1v) is 19.6. The van der Waals surface area contributed by atoms with E-state index in [-0.39, 0.29) is 11.3 Å². The van der Waals surface area contributed by atoms with Gasteiger partial charge in [-0.05, 0) is 116 Å². The third-order valence-corrected chi connectivity index (χ3v) is 11.9. The molecule has 9 rings (SSSR count). The molecule has 4 heteroatoms. The molecule has 0 saturated heterocycles. The summed E-state index contributed by atoms with van der Waals surface area (Å²) in [7, 11) is 0. The predicted octanol–water partition coefficient (Wildman–Crippen LogP) is 12.4. The van der Waals surface area contributed by atoms with Gasteiger partial charge in [0, 0.05) is 41.8 Å². The van der Waals surface area contributed by atoms with E-state index in [0.717, 1.165) is 47.9 Å². The minimum absolute atomic E-state index is 0.186.